The maximum Gasteiger partial charge on any atom is 0.251 e. The van der Waals surface area contributed by atoms with E-state index in [0.717, 1.165) is 97.9 Å². The van der Waals surface area contributed by atoms with Crippen LogP contribution in [0.25, 0.3) is 0 Å². The maximum atomic E-state index is 12.7. The average molecular weight is 531 g/mol. The minimum atomic E-state index is -0.534. The molecule has 194 valence electrons. The van der Waals surface area contributed by atoms with Gasteiger partial charge in [-0.1, -0.05) is 25.7 Å². The van der Waals surface area contributed by atoms with E-state index in [0.29, 0.717) is 21.1 Å². The molecular weight excluding hydrogens is 496 g/mol. The van der Waals surface area contributed by atoms with Crippen molar-refractivity contribution in [2.45, 2.75) is 89.9 Å². The van der Waals surface area contributed by atoms with Gasteiger partial charge in [-0.15, -0.1) is 22.7 Å². The summed E-state index contributed by atoms with van der Waals surface area (Å²) in [6.07, 6.45) is 11.9. The number of carbonyl (C=O) groups excluding carboxylic acids is 4. The van der Waals surface area contributed by atoms with E-state index in [1.54, 1.807) is 0 Å². The highest BCUT2D eigenvalue weighted by Crippen LogP contribution is 2.38. The summed E-state index contributed by atoms with van der Waals surface area (Å²) in [5.41, 5.74) is 14.1. The average Bonchev–Trinajstić information content (AvgIpc) is 3.29. The van der Waals surface area contributed by atoms with Crippen LogP contribution in [-0.4, -0.2) is 23.6 Å². The Hall–Kier alpha value is -2.72. The van der Waals surface area contributed by atoms with E-state index in [-0.39, 0.29) is 24.7 Å². The van der Waals surface area contributed by atoms with Crippen molar-refractivity contribution in [3.05, 3.63) is 32.0 Å². The van der Waals surface area contributed by atoms with E-state index in [2.05, 4.69) is 10.6 Å². The minimum Gasteiger partial charge on any atom is -0.365 e. The lowest BCUT2D eigenvalue weighted by Gasteiger charge is -2.10. The third-order valence-electron chi connectivity index (χ3n) is 6.92. The highest BCUT2D eigenvalue weighted by atomic mass is 32.1. The first-order valence-corrected chi connectivity index (χ1v) is 14.5. The Bertz CT molecular complexity index is 1080. The van der Waals surface area contributed by atoms with E-state index in [1.165, 1.54) is 22.7 Å². The summed E-state index contributed by atoms with van der Waals surface area (Å²) in [6.45, 7) is 0. The van der Waals surface area contributed by atoms with Gasteiger partial charge >= 0.3 is 0 Å². The van der Waals surface area contributed by atoms with Crippen LogP contribution in [0.4, 0.5) is 10.0 Å². The molecule has 36 heavy (non-hydrogen) atoms. The van der Waals surface area contributed by atoms with Crippen molar-refractivity contribution in [3.63, 3.8) is 0 Å². The predicted octanol–water partition coefficient (Wildman–Crippen LogP) is 4.68. The van der Waals surface area contributed by atoms with Crippen molar-refractivity contribution >= 4 is 56.3 Å². The van der Waals surface area contributed by atoms with Crippen LogP contribution in [-0.2, 0) is 35.3 Å². The fourth-order valence-electron chi connectivity index (χ4n) is 5.14. The molecule has 6 N–H and O–H groups in total. The SMILES string of the molecule is NC(=O)c1c(NC(=O)CCC(=O)Nc2sc3c(c2C(N)=O)CCCCCC3)sc2c1CCCCCC2. The molecule has 0 fully saturated rings. The van der Waals surface area contributed by atoms with Gasteiger partial charge in [-0.25, -0.2) is 0 Å². The summed E-state index contributed by atoms with van der Waals surface area (Å²) in [5.74, 6) is -1.77. The van der Waals surface area contributed by atoms with Crippen LogP contribution >= 0.6 is 22.7 Å². The second kappa shape index (κ2) is 12.0. The maximum absolute atomic E-state index is 12.7. The molecule has 0 radical (unpaired) electrons. The first-order chi connectivity index (χ1) is 17.3. The van der Waals surface area contributed by atoms with Gasteiger partial charge in [0.05, 0.1) is 11.1 Å². The third kappa shape index (κ3) is 6.15. The van der Waals surface area contributed by atoms with Crippen LogP contribution in [0.3, 0.4) is 0 Å². The van der Waals surface area contributed by atoms with Crippen molar-refractivity contribution in [1.29, 1.82) is 0 Å². The first kappa shape index (κ1) is 26.3. The van der Waals surface area contributed by atoms with Crippen LogP contribution < -0.4 is 22.1 Å². The molecule has 0 unspecified atom stereocenters. The number of nitrogens with two attached hydrogens (primary N) is 2. The van der Waals surface area contributed by atoms with E-state index in [1.807, 2.05) is 0 Å². The predicted molar refractivity (Wildman–Crippen MR) is 144 cm³/mol. The van der Waals surface area contributed by atoms with Crippen molar-refractivity contribution in [2.24, 2.45) is 11.5 Å². The quantitative estimate of drug-likeness (QED) is 0.412. The Morgan fingerprint density at radius 1 is 0.583 bits per heavy atom. The van der Waals surface area contributed by atoms with Gasteiger partial charge in [-0.3, -0.25) is 19.2 Å². The zero-order valence-corrected chi connectivity index (χ0v) is 22.1. The van der Waals surface area contributed by atoms with Crippen molar-refractivity contribution < 1.29 is 19.2 Å². The molecule has 0 atom stereocenters. The van der Waals surface area contributed by atoms with Crippen molar-refractivity contribution in [3.8, 4) is 0 Å². The molecule has 2 aromatic heterocycles. The fraction of sp³-hybridized carbons (Fsp3) is 0.538. The molecule has 2 aliphatic carbocycles. The molecule has 0 spiro atoms. The topological polar surface area (TPSA) is 144 Å². The van der Waals surface area contributed by atoms with Gasteiger partial charge in [-0.05, 0) is 62.5 Å². The lowest BCUT2D eigenvalue weighted by molar-refractivity contribution is -0.121. The molecule has 0 aromatic carbocycles. The standard InChI is InChI=1S/C26H34N4O4S2/c27-23(33)21-15-9-5-1-3-7-11-17(15)35-25(21)29-19(31)13-14-20(32)30-26-22(24(28)34)16-10-6-2-4-8-12-18(16)36-26/h1-14H2,(H2,27,33)(H2,28,34)(H,29,31)(H,30,32). The number of hydrogen-bond donors (Lipinski definition) is 4. The molecule has 0 saturated carbocycles. The zero-order valence-electron chi connectivity index (χ0n) is 20.5. The second-order valence-electron chi connectivity index (χ2n) is 9.57. The Labute approximate surface area is 219 Å². The molecule has 2 heterocycles. The van der Waals surface area contributed by atoms with Crippen molar-refractivity contribution in [2.75, 3.05) is 10.6 Å². The monoisotopic (exact) mass is 530 g/mol. The molecule has 4 rings (SSSR count). The van der Waals surface area contributed by atoms with Gasteiger partial charge in [-0.2, -0.15) is 0 Å². The van der Waals surface area contributed by atoms with Crippen LogP contribution in [0.15, 0.2) is 0 Å². The van der Waals surface area contributed by atoms with Crippen LogP contribution in [0, 0.1) is 0 Å². The molecule has 4 amide bonds. The number of hydrogen-bond acceptors (Lipinski definition) is 6. The van der Waals surface area contributed by atoms with E-state index in [9.17, 15) is 19.2 Å². The summed E-state index contributed by atoms with van der Waals surface area (Å²) < 4.78 is 0. The van der Waals surface area contributed by atoms with Gasteiger partial charge in [0.2, 0.25) is 11.8 Å². The van der Waals surface area contributed by atoms with Gasteiger partial charge in [0.25, 0.3) is 11.8 Å². The molecular formula is C26H34N4O4S2. The highest BCUT2D eigenvalue weighted by Gasteiger charge is 2.25. The fourth-order valence-corrected chi connectivity index (χ4v) is 7.76. The lowest BCUT2D eigenvalue weighted by Crippen LogP contribution is -2.21. The zero-order chi connectivity index (χ0) is 25.7. The third-order valence-corrected chi connectivity index (χ3v) is 9.33. The molecule has 0 bridgehead atoms. The molecule has 2 aliphatic rings. The molecule has 2 aromatic rings. The lowest BCUT2D eigenvalue weighted by atomic mass is 9.96. The number of aryl methyl sites for hydroxylation is 2. The molecule has 8 nitrogen and oxygen atoms in total. The largest absolute Gasteiger partial charge is 0.365 e. The summed E-state index contributed by atoms with van der Waals surface area (Å²) in [5, 5.41) is 6.60. The number of anilines is 2. The Morgan fingerprint density at radius 3 is 1.31 bits per heavy atom. The van der Waals surface area contributed by atoms with E-state index in [4.69, 9.17) is 11.5 Å². The van der Waals surface area contributed by atoms with Gasteiger partial charge in [0.1, 0.15) is 10.0 Å². The normalized spacial score (nSPS) is 15.9. The molecule has 0 saturated heterocycles. The number of thiophene rings is 2. The summed E-state index contributed by atoms with van der Waals surface area (Å²) in [6, 6.07) is 0. The van der Waals surface area contributed by atoms with Gasteiger partial charge in [0.15, 0.2) is 0 Å². The van der Waals surface area contributed by atoms with E-state index < -0.39 is 11.8 Å². The number of primary amides is 2. The second-order valence-corrected chi connectivity index (χ2v) is 11.8. The van der Waals surface area contributed by atoms with Crippen molar-refractivity contribution in [1.82, 2.24) is 0 Å². The minimum absolute atomic E-state index is 0.0520. The molecule has 0 aliphatic heterocycles. The van der Waals surface area contributed by atoms with Crippen LogP contribution in [0.2, 0.25) is 0 Å². The van der Waals surface area contributed by atoms with Gasteiger partial charge in [0, 0.05) is 22.6 Å². The summed E-state index contributed by atoms with van der Waals surface area (Å²) >= 11 is 2.84. The van der Waals surface area contributed by atoms with Crippen LogP contribution in [0.1, 0.15) is 106 Å². The number of fused-ring (bicyclic) bond motifs is 2. The van der Waals surface area contributed by atoms with Gasteiger partial charge < -0.3 is 22.1 Å². The molecule has 10 heteroatoms. The first-order valence-electron chi connectivity index (χ1n) is 12.8. The summed E-state index contributed by atoms with van der Waals surface area (Å²) in [4.78, 5) is 52.0. The number of rotatable bonds is 7. The number of amides is 4. The smallest absolute Gasteiger partial charge is 0.251 e. The Morgan fingerprint density at radius 2 is 0.944 bits per heavy atom. The Balaban J connectivity index is 1.41. The van der Waals surface area contributed by atoms with E-state index >= 15 is 0 Å². The Kier molecular flexibility index (Phi) is 8.79. The number of nitrogens with one attached hydrogen (secondary N) is 2. The highest BCUT2D eigenvalue weighted by molar-refractivity contribution is 7.17. The van der Waals surface area contributed by atoms with Crippen LogP contribution in [0.5, 0.6) is 0 Å². The number of carbonyl (C=O) groups is 4. The summed E-state index contributed by atoms with van der Waals surface area (Å²) in [7, 11) is 0.